The van der Waals surface area contributed by atoms with Gasteiger partial charge in [0.05, 0.1) is 7.11 Å². The molecule has 5 heteroatoms. The Bertz CT molecular complexity index is 832. The van der Waals surface area contributed by atoms with E-state index in [9.17, 15) is 9.59 Å². The Balaban J connectivity index is 2.48. The Labute approximate surface area is 165 Å². The van der Waals surface area contributed by atoms with Crippen molar-refractivity contribution < 1.29 is 14.3 Å². The lowest BCUT2D eigenvalue weighted by Crippen LogP contribution is -2.31. The first-order valence-corrected chi connectivity index (χ1v) is 8.93. The van der Waals surface area contributed by atoms with E-state index in [1.54, 1.807) is 18.4 Å². The van der Waals surface area contributed by atoms with E-state index in [1.807, 2.05) is 72.5 Å². The summed E-state index contributed by atoms with van der Waals surface area (Å²) in [5.41, 5.74) is 2.21. The number of esters is 1. The molecule has 0 saturated carbocycles. The number of methoxy groups -OCH3 is 1. The Kier molecular flexibility index (Phi) is 7.78. The number of hydrogen-bond donors (Lipinski definition) is 1. The van der Waals surface area contributed by atoms with Gasteiger partial charge in [-0.05, 0) is 30.7 Å². The summed E-state index contributed by atoms with van der Waals surface area (Å²) < 4.78 is 4.87. The molecule has 1 N–H and O–H groups in total. The Morgan fingerprint density at radius 3 is 2.00 bits per heavy atom. The number of nitrogens with zero attached hydrogens (tertiary/aromatic N) is 1. The van der Waals surface area contributed by atoms with E-state index in [0.29, 0.717) is 12.0 Å². The summed E-state index contributed by atoms with van der Waals surface area (Å²) in [4.78, 5) is 26.7. The van der Waals surface area contributed by atoms with Gasteiger partial charge >= 0.3 is 5.97 Å². The van der Waals surface area contributed by atoms with Crippen molar-refractivity contribution in [3.05, 3.63) is 96.9 Å². The molecule has 0 fully saturated rings. The SMILES string of the molecule is C=C/C=C(\CC)C(=O)N/C(=C\N(c1ccccc1)c1ccccc1)C(=O)OC. The highest BCUT2D eigenvalue weighted by Gasteiger charge is 2.18. The molecule has 2 aromatic rings. The fraction of sp³-hybridized carbons (Fsp3) is 0.130. The molecule has 0 saturated heterocycles. The molecule has 144 valence electrons. The molecule has 0 aromatic heterocycles. The van der Waals surface area contributed by atoms with Gasteiger partial charge in [-0.1, -0.05) is 62.1 Å². The van der Waals surface area contributed by atoms with Crippen molar-refractivity contribution in [2.45, 2.75) is 13.3 Å². The Hall–Kier alpha value is -3.60. The molecule has 28 heavy (non-hydrogen) atoms. The normalized spacial score (nSPS) is 11.5. The number of hydrogen-bond acceptors (Lipinski definition) is 4. The molecule has 0 bridgehead atoms. The van der Waals surface area contributed by atoms with Crippen LogP contribution in [0.1, 0.15) is 13.3 Å². The number of nitrogens with one attached hydrogen (secondary N) is 1. The highest BCUT2D eigenvalue weighted by atomic mass is 16.5. The topological polar surface area (TPSA) is 58.6 Å². The van der Waals surface area contributed by atoms with E-state index in [0.717, 1.165) is 11.4 Å². The van der Waals surface area contributed by atoms with Gasteiger partial charge in [0.15, 0.2) is 0 Å². The van der Waals surface area contributed by atoms with Crippen molar-refractivity contribution in [2.75, 3.05) is 12.0 Å². The fourth-order valence-corrected chi connectivity index (χ4v) is 2.55. The van der Waals surface area contributed by atoms with E-state index < -0.39 is 5.97 Å². The van der Waals surface area contributed by atoms with Gasteiger partial charge in [0, 0.05) is 23.1 Å². The third-order valence-electron chi connectivity index (χ3n) is 3.97. The predicted molar refractivity (Wildman–Crippen MR) is 112 cm³/mol. The van der Waals surface area contributed by atoms with Gasteiger partial charge in [0.1, 0.15) is 5.70 Å². The minimum atomic E-state index is -0.640. The first-order valence-electron chi connectivity index (χ1n) is 8.93. The van der Waals surface area contributed by atoms with Gasteiger partial charge in [0.25, 0.3) is 5.91 Å². The highest BCUT2D eigenvalue weighted by molar-refractivity contribution is 6.01. The maximum Gasteiger partial charge on any atom is 0.356 e. The van der Waals surface area contributed by atoms with Crippen LogP contribution in [0.3, 0.4) is 0 Å². The second-order valence-electron chi connectivity index (χ2n) is 5.81. The number of anilines is 2. The molecular weight excluding hydrogens is 352 g/mol. The van der Waals surface area contributed by atoms with Gasteiger partial charge in [-0.2, -0.15) is 0 Å². The maximum absolute atomic E-state index is 12.6. The molecule has 0 heterocycles. The summed E-state index contributed by atoms with van der Waals surface area (Å²) in [5, 5.41) is 2.66. The summed E-state index contributed by atoms with van der Waals surface area (Å²) in [6.07, 6.45) is 5.24. The number of para-hydroxylation sites is 2. The van der Waals surface area contributed by atoms with E-state index >= 15 is 0 Å². The predicted octanol–water partition coefficient (Wildman–Crippen LogP) is 4.48. The molecule has 0 spiro atoms. The van der Waals surface area contributed by atoms with Crippen LogP contribution in [-0.4, -0.2) is 19.0 Å². The highest BCUT2D eigenvalue weighted by Crippen LogP contribution is 2.26. The number of benzene rings is 2. The number of amides is 1. The van der Waals surface area contributed by atoms with E-state index in [1.165, 1.54) is 7.11 Å². The molecule has 0 atom stereocenters. The summed E-state index contributed by atoms with van der Waals surface area (Å²) in [6, 6.07) is 19.1. The van der Waals surface area contributed by atoms with Crippen molar-refractivity contribution in [3.63, 3.8) is 0 Å². The van der Waals surface area contributed by atoms with Crippen LogP contribution in [0.2, 0.25) is 0 Å². The van der Waals surface area contributed by atoms with Crippen molar-refractivity contribution in [1.82, 2.24) is 5.32 Å². The van der Waals surface area contributed by atoms with E-state index in [4.69, 9.17) is 4.74 Å². The average molecular weight is 376 g/mol. The third kappa shape index (κ3) is 5.45. The van der Waals surface area contributed by atoms with Crippen LogP contribution in [0.4, 0.5) is 11.4 Å². The van der Waals surface area contributed by atoms with Gasteiger partial charge < -0.3 is 15.0 Å². The van der Waals surface area contributed by atoms with Gasteiger partial charge in [-0.25, -0.2) is 4.79 Å². The third-order valence-corrected chi connectivity index (χ3v) is 3.97. The maximum atomic E-state index is 12.6. The first-order chi connectivity index (χ1) is 13.6. The lowest BCUT2D eigenvalue weighted by molar-refractivity contribution is -0.137. The number of carbonyl (C=O) groups excluding carboxylic acids is 2. The molecule has 0 aliphatic rings. The van der Waals surface area contributed by atoms with Crippen molar-refractivity contribution in [2.24, 2.45) is 0 Å². The molecule has 5 nitrogen and oxygen atoms in total. The van der Waals surface area contributed by atoms with E-state index in [2.05, 4.69) is 11.9 Å². The smallest absolute Gasteiger partial charge is 0.356 e. The zero-order valence-electron chi connectivity index (χ0n) is 16.1. The minimum absolute atomic E-state index is 0.0311. The molecular formula is C23H24N2O3. The van der Waals surface area contributed by atoms with Crippen LogP contribution < -0.4 is 10.2 Å². The van der Waals surface area contributed by atoms with Crippen molar-refractivity contribution in [1.29, 1.82) is 0 Å². The molecule has 0 radical (unpaired) electrons. The summed E-state index contributed by atoms with van der Waals surface area (Å²) >= 11 is 0. The number of ether oxygens (including phenoxy) is 1. The van der Waals surface area contributed by atoms with Crippen LogP contribution in [0.25, 0.3) is 0 Å². The van der Waals surface area contributed by atoms with Crippen LogP contribution in [0.15, 0.2) is 96.9 Å². The summed E-state index contributed by atoms with van der Waals surface area (Å²) in [7, 11) is 1.28. The lowest BCUT2D eigenvalue weighted by Gasteiger charge is -2.22. The Morgan fingerprint density at radius 1 is 1.04 bits per heavy atom. The van der Waals surface area contributed by atoms with Crippen LogP contribution in [0, 0.1) is 0 Å². The first kappa shape index (κ1) is 20.7. The van der Waals surface area contributed by atoms with Crippen molar-refractivity contribution >= 4 is 23.3 Å². The molecule has 0 unspecified atom stereocenters. The summed E-state index contributed by atoms with van der Waals surface area (Å²) in [6.45, 7) is 5.48. The van der Waals surface area contributed by atoms with Crippen LogP contribution >= 0.6 is 0 Å². The molecule has 1 amide bonds. The van der Waals surface area contributed by atoms with Crippen LogP contribution in [-0.2, 0) is 14.3 Å². The largest absolute Gasteiger partial charge is 0.464 e. The minimum Gasteiger partial charge on any atom is -0.464 e. The standard InChI is InChI=1S/C23H24N2O3/c1-4-12-18(5-2)22(26)24-21(23(27)28-3)17-25(19-13-8-6-9-14-19)20-15-10-7-11-16-20/h4,6-17H,1,5H2,2-3H3,(H,24,26)/b18-12+,21-17-. The average Bonchev–Trinajstić information content (AvgIpc) is 2.75. The van der Waals surface area contributed by atoms with Crippen molar-refractivity contribution in [3.8, 4) is 0 Å². The zero-order valence-corrected chi connectivity index (χ0v) is 16.1. The van der Waals surface area contributed by atoms with Gasteiger partial charge in [-0.3, -0.25) is 4.79 Å². The molecule has 0 aliphatic heterocycles. The number of allylic oxidation sites excluding steroid dienone is 2. The number of carbonyl (C=O) groups is 2. The molecule has 2 rings (SSSR count). The van der Waals surface area contributed by atoms with Gasteiger partial charge in [-0.15, -0.1) is 0 Å². The lowest BCUT2D eigenvalue weighted by atomic mass is 10.1. The van der Waals surface area contributed by atoms with Gasteiger partial charge in [0.2, 0.25) is 0 Å². The monoisotopic (exact) mass is 376 g/mol. The molecule has 2 aromatic carbocycles. The quantitative estimate of drug-likeness (QED) is 0.419. The van der Waals surface area contributed by atoms with E-state index in [-0.39, 0.29) is 11.6 Å². The molecule has 0 aliphatic carbocycles. The summed E-state index contributed by atoms with van der Waals surface area (Å²) in [5.74, 6) is -1.01. The second-order valence-corrected chi connectivity index (χ2v) is 5.81. The number of rotatable bonds is 8. The van der Waals surface area contributed by atoms with Crippen LogP contribution in [0.5, 0.6) is 0 Å². The Morgan fingerprint density at radius 2 is 1.57 bits per heavy atom. The zero-order chi connectivity index (χ0) is 20.4. The second kappa shape index (κ2) is 10.5. The fourth-order valence-electron chi connectivity index (χ4n) is 2.55.